The predicted molar refractivity (Wildman–Crippen MR) is 79.9 cm³/mol. The molecule has 1 amide bonds. The molecule has 0 spiro atoms. The van der Waals surface area contributed by atoms with E-state index in [0.29, 0.717) is 19.6 Å². The number of aliphatic hydroxyl groups is 1. The largest absolute Gasteiger partial charge is 0.392 e. The maximum absolute atomic E-state index is 12.1. The summed E-state index contributed by atoms with van der Waals surface area (Å²) in [5, 5.41) is 15.3. The zero-order valence-corrected chi connectivity index (χ0v) is 12.0. The molecule has 2 unspecified atom stereocenters. The van der Waals surface area contributed by atoms with E-state index in [-0.39, 0.29) is 11.9 Å². The number of ether oxygens (including phenoxy) is 1. The number of rotatable bonds is 6. The third-order valence-electron chi connectivity index (χ3n) is 3.94. The van der Waals surface area contributed by atoms with Crippen molar-refractivity contribution in [2.75, 3.05) is 18.5 Å². The second-order valence-electron chi connectivity index (χ2n) is 6.00. The molecule has 0 bridgehead atoms. The zero-order chi connectivity index (χ0) is 14.7. The first-order valence-corrected chi connectivity index (χ1v) is 7.59. The van der Waals surface area contributed by atoms with Gasteiger partial charge in [-0.05, 0) is 42.9 Å². The molecule has 114 valence electrons. The molecule has 0 aromatic heterocycles. The molecule has 3 rings (SSSR count). The quantitative estimate of drug-likeness (QED) is 0.738. The minimum absolute atomic E-state index is 0.0948. The Bertz CT molecular complexity index is 502. The topological polar surface area (TPSA) is 70.6 Å². The molecule has 3 N–H and O–H groups in total. The fraction of sp³-hybridized carbons (Fsp3) is 0.562. The number of aliphatic hydroxyl groups excluding tert-OH is 1. The summed E-state index contributed by atoms with van der Waals surface area (Å²) >= 11 is 0. The van der Waals surface area contributed by atoms with Gasteiger partial charge in [-0.15, -0.1) is 0 Å². The minimum atomic E-state index is -0.428. The molecule has 0 radical (unpaired) electrons. The molecule has 1 saturated carbocycles. The molecule has 2 atom stereocenters. The van der Waals surface area contributed by atoms with Crippen LogP contribution in [0.3, 0.4) is 0 Å². The first-order chi connectivity index (χ1) is 10.2. The highest BCUT2D eigenvalue weighted by Gasteiger charge is 2.28. The van der Waals surface area contributed by atoms with Gasteiger partial charge in [-0.1, -0.05) is 12.1 Å². The lowest BCUT2D eigenvalue weighted by Gasteiger charge is -2.12. The van der Waals surface area contributed by atoms with Crippen molar-refractivity contribution < 1.29 is 14.6 Å². The number of hydrogen-bond acceptors (Lipinski definition) is 4. The summed E-state index contributed by atoms with van der Waals surface area (Å²) < 4.78 is 5.66. The SMILES string of the molecule is O=C(Nc1cccc(COCC2CC2)c1)C1CC(O)CN1. The van der Waals surface area contributed by atoms with Gasteiger partial charge >= 0.3 is 0 Å². The summed E-state index contributed by atoms with van der Waals surface area (Å²) in [6.45, 7) is 1.90. The molecule has 1 aliphatic carbocycles. The van der Waals surface area contributed by atoms with Crippen LogP contribution in [0.4, 0.5) is 5.69 Å². The molecule has 2 fully saturated rings. The molecule has 5 heteroatoms. The van der Waals surface area contributed by atoms with E-state index in [0.717, 1.165) is 23.8 Å². The van der Waals surface area contributed by atoms with Crippen LogP contribution in [-0.2, 0) is 16.1 Å². The number of hydrogen-bond donors (Lipinski definition) is 3. The van der Waals surface area contributed by atoms with Gasteiger partial charge in [0, 0.05) is 18.8 Å². The summed E-state index contributed by atoms with van der Waals surface area (Å²) in [5.74, 6) is 0.662. The van der Waals surface area contributed by atoms with E-state index in [9.17, 15) is 9.90 Å². The Morgan fingerprint density at radius 1 is 1.43 bits per heavy atom. The maximum Gasteiger partial charge on any atom is 0.241 e. The second kappa shape index (κ2) is 6.56. The van der Waals surface area contributed by atoms with E-state index in [4.69, 9.17) is 4.74 Å². The Kier molecular flexibility index (Phi) is 4.53. The van der Waals surface area contributed by atoms with Gasteiger partial charge in [-0.25, -0.2) is 0 Å². The average molecular weight is 290 g/mol. The summed E-state index contributed by atoms with van der Waals surface area (Å²) in [6, 6.07) is 7.42. The van der Waals surface area contributed by atoms with Crippen LogP contribution in [0, 0.1) is 5.92 Å². The van der Waals surface area contributed by atoms with Crippen LogP contribution in [0.2, 0.25) is 0 Å². The predicted octanol–water partition coefficient (Wildman–Crippen LogP) is 1.27. The Hall–Kier alpha value is -1.43. The van der Waals surface area contributed by atoms with Crippen molar-refractivity contribution in [3.63, 3.8) is 0 Å². The highest BCUT2D eigenvalue weighted by Crippen LogP contribution is 2.29. The Balaban J connectivity index is 1.51. The van der Waals surface area contributed by atoms with Gasteiger partial charge < -0.3 is 20.5 Å². The van der Waals surface area contributed by atoms with Gasteiger partial charge in [-0.3, -0.25) is 4.79 Å². The smallest absolute Gasteiger partial charge is 0.241 e. The second-order valence-corrected chi connectivity index (χ2v) is 6.00. The van der Waals surface area contributed by atoms with Crippen molar-refractivity contribution >= 4 is 11.6 Å². The van der Waals surface area contributed by atoms with E-state index in [1.807, 2.05) is 24.3 Å². The van der Waals surface area contributed by atoms with E-state index < -0.39 is 6.10 Å². The van der Waals surface area contributed by atoms with Crippen molar-refractivity contribution in [3.8, 4) is 0 Å². The Morgan fingerprint density at radius 2 is 2.29 bits per heavy atom. The van der Waals surface area contributed by atoms with Crippen LogP contribution in [0.1, 0.15) is 24.8 Å². The number of anilines is 1. The van der Waals surface area contributed by atoms with E-state index in [1.54, 1.807) is 0 Å². The molecular formula is C16H22N2O3. The van der Waals surface area contributed by atoms with Crippen molar-refractivity contribution in [2.45, 2.75) is 38.0 Å². The van der Waals surface area contributed by atoms with Crippen molar-refractivity contribution in [1.82, 2.24) is 5.32 Å². The fourth-order valence-electron chi connectivity index (χ4n) is 2.51. The van der Waals surface area contributed by atoms with E-state index in [1.165, 1.54) is 12.8 Å². The molecule has 21 heavy (non-hydrogen) atoms. The molecule has 5 nitrogen and oxygen atoms in total. The van der Waals surface area contributed by atoms with Gasteiger partial charge in [0.25, 0.3) is 0 Å². The standard InChI is InChI=1S/C16H22N2O3/c19-14-7-15(17-8-14)16(20)18-13-3-1-2-12(6-13)10-21-9-11-4-5-11/h1-3,6,11,14-15,17,19H,4-5,7-10H2,(H,18,20). The normalized spacial score (nSPS) is 25.0. The first kappa shape index (κ1) is 14.5. The lowest BCUT2D eigenvalue weighted by atomic mass is 10.1. The molecule has 1 aliphatic heterocycles. The molecule has 1 aromatic rings. The van der Waals surface area contributed by atoms with Crippen LogP contribution in [0.25, 0.3) is 0 Å². The minimum Gasteiger partial charge on any atom is -0.392 e. The van der Waals surface area contributed by atoms with Gasteiger partial charge in [-0.2, -0.15) is 0 Å². The fourth-order valence-corrected chi connectivity index (χ4v) is 2.51. The highest BCUT2D eigenvalue weighted by atomic mass is 16.5. The molecule has 1 saturated heterocycles. The van der Waals surface area contributed by atoms with Crippen molar-refractivity contribution in [3.05, 3.63) is 29.8 Å². The maximum atomic E-state index is 12.1. The summed E-state index contributed by atoms with van der Waals surface area (Å²) in [5.41, 5.74) is 1.84. The monoisotopic (exact) mass is 290 g/mol. The van der Waals surface area contributed by atoms with E-state index >= 15 is 0 Å². The van der Waals surface area contributed by atoms with Crippen LogP contribution >= 0.6 is 0 Å². The number of nitrogens with one attached hydrogen (secondary N) is 2. The first-order valence-electron chi connectivity index (χ1n) is 7.59. The lowest BCUT2D eigenvalue weighted by Crippen LogP contribution is -2.35. The van der Waals surface area contributed by atoms with Crippen molar-refractivity contribution in [1.29, 1.82) is 0 Å². The molecule has 1 aromatic carbocycles. The van der Waals surface area contributed by atoms with Gasteiger partial charge in [0.1, 0.15) is 0 Å². The van der Waals surface area contributed by atoms with E-state index in [2.05, 4.69) is 10.6 Å². The number of amides is 1. The molecular weight excluding hydrogens is 268 g/mol. The summed E-state index contributed by atoms with van der Waals surface area (Å²) in [6.07, 6.45) is 2.62. The van der Waals surface area contributed by atoms with Crippen molar-refractivity contribution in [2.24, 2.45) is 5.92 Å². The number of carbonyl (C=O) groups excluding carboxylic acids is 1. The van der Waals surface area contributed by atoms with Crippen LogP contribution in [-0.4, -0.2) is 36.3 Å². The average Bonchev–Trinajstić information content (AvgIpc) is 3.18. The number of β-amino-alcohol motifs (C(OH)–C–C–N with tert-alkyl or cyclic N) is 1. The van der Waals surface area contributed by atoms with Gasteiger partial charge in [0.2, 0.25) is 5.91 Å². The summed E-state index contributed by atoms with van der Waals surface area (Å²) in [7, 11) is 0. The highest BCUT2D eigenvalue weighted by molar-refractivity contribution is 5.95. The lowest BCUT2D eigenvalue weighted by molar-refractivity contribution is -0.117. The molecule has 1 heterocycles. The van der Waals surface area contributed by atoms with Gasteiger partial charge in [0.05, 0.1) is 18.8 Å². The van der Waals surface area contributed by atoms with Crippen LogP contribution in [0.5, 0.6) is 0 Å². The van der Waals surface area contributed by atoms with Crippen LogP contribution < -0.4 is 10.6 Å². The van der Waals surface area contributed by atoms with Gasteiger partial charge in [0.15, 0.2) is 0 Å². The van der Waals surface area contributed by atoms with Crippen LogP contribution in [0.15, 0.2) is 24.3 Å². The summed E-state index contributed by atoms with van der Waals surface area (Å²) in [4.78, 5) is 12.1. The number of benzene rings is 1. The third-order valence-corrected chi connectivity index (χ3v) is 3.94. The third kappa shape index (κ3) is 4.27. The number of carbonyl (C=O) groups is 1. The Morgan fingerprint density at radius 3 is 3.00 bits per heavy atom. The molecule has 2 aliphatic rings. The zero-order valence-electron chi connectivity index (χ0n) is 12.0. The Labute approximate surface area is 124 Å².